The molecule has 0 saturated carbocycles. The van der Waals surface area contributed by atoms with Crippen molar-refractivity contribution in [2.45, 2.75) is 13.5 Å². The molecule has 1 aromatic carbocycles. The van der Waals surface area contributed by atoms with Crippen molar-refractivity contribution in [3.8, 4) is 0 Å². The summed E-state index contributed by atoms with van der Waals surface area (Å²) in [5.41, 5.74) is 2.29. The zero-order valence-corrected chi connectivity index (χ0v) is 13.5. The number of aryl methyl sites for hydroxylation is 1. The highest BCUT2D eigenvalue weighted by Gasteiger charge is 2.13. The molecule has 0 unspecified atom stereocenters. The van der Waals surface area contributed by atoms with Gasteiger partial charge in [0.2, 0.25) is 5.95 Å². The maximum Gasteiger partial charge on any atom is 0.273 e. The first-order valence-corrected chi connectivity index (χ1v) is 7.80. The fourth-order valence-electron chi connectivity index (χ4n) is 2.54. The molecule has 0 aliphatic carbocycles. The molecule has 1 aliphatic heterocycles. The fraction of sp³-hybridized carbons (Fsp3) is 0.438. The molecule has 7 nitrogen and oxygen atoms in total. The van der Waals surface area contributed by atoms with E-state index in [4.69, 9.17) is 0 Å². The molecular weight excluding hydrogens is 292 g/mol. The van der Waals surface area contributed by atoms with Crippen molar-refractivity contribution in [3.05, 3.63) is 45.9 Å². The van der Waals surface area contributed by atoms with Gasteiger partial charge in [0.05, 0.1) is 0 Å². The molecule has 2 N–H and O–H groups in total. The second-order valence-electron chi connectivity index (χ2n) is 5.99. The first-order chi connectivity index (χ1) is 11.1. The zero-order chi connectivity index (χ0) is 16.2. The van der Waals surface area contributed by atoms with Crippen molar-refractivity contribution in [2.24, 2.45) is 0 Å². The Bertz CT molecular complexity index is 703. The summed E-state index contributed by atoms with van der Waals surface area (Å²) in [5, 5.41) is 10.8. The average molecular weight is 314 g/mol. The molecule has 1 saturated heterocycles. The van der Waals surface area contributed by atoms with Crippen molar-refractivity contribution < 1.29 is 0 Å². The average Bonchev–Trinajstić information content (AvgIpc) is 2.55. The third-order valence-corrected chi connectivity index (χ3v) is 4.08. The molecule has 2 heterocycles. The van der Waals surface area contributed by atoms with Gasteiger partial charge in [-0.3, -0.25) is 14.7 Å². The number of nitrogens with zero attached hydrogens (tertiary/aromatic N) is 4. The Kier molecular flexibility index (Phi) is 4.68. The molecule has 1 aromatic heterocycles. The molecule has 0 amide bonds. The maximum atomic E-state index is 11.5. The van der Waals surface area contributed by atoms with Crippen LogP contribution in [0.3, 0.4) is 0 Å². The third-order valence-electron chi connectivity index (χ3n) is 4.08. The number of anilines is 2. The van der Waals surface area contributed by atoms with Crippen LogP contribution in [0.15, 0.2) is 29.1 Å². The van der Waals surface area contributed by atoms with E-state index in [0.29, 0.717) is 11.6 Å². The Morgan fingerprint density at radius 2 is 1.83 bits per heavy atom. The lowest BCUT2D eigenvalue weighted by molar-refractivity contribution is 0.148. The lowest BCUT2D eigenvalue weighted by Crippen LogP contribution is -2.43. The van der Waals surface area contributed by atoms with Crippen LogP contribution in [-0.4, -0.2) is 58.2 Å². The van der Waals surface area contributed by atoms with Crippen LogP contribution in [0.2, 0.25) is 0 Å². The summed E-state index contributed by atoms with van der Waals surface area (Å²) in [4.78, 5) is 19.0. The highest BCUT2D eigenvalue weighted by molar-refractivity contribution is 5.53. The molecule has 0 radical (unpaired) electrons. The van der Waals surface area contributed by atoms with Gasteiger partial charge in [0, 0.05) is 38.4 Å². The molecule has 0 atom stereocenters. The number of aromatic amines is 1. The van der Waals surface area contributed by atoms with Crippen molar-refractivity contribution >= 4 is 11.6 Å². The van der Waals surface area contributed by atoms with E-state index in [0.717, 1.165) is 38.4 Å². The number of likely N-dealkylation sites (N-methyl/N-ethyl adjacent to an activating group) is 1. The maximum absolute atomic E-state index is 11.5. The van der Waals surface area contributed by atoms with Gasteiger partial charge in [0.25, 0.3) is 5.56 Å². The second kappa shape index (κ2) is 6.89. The van der Waals surface area contributed by atoms with Gasteiger partial charge < -0.3 is 10.2 Å². The van der Waals surface area contributed by atoms with Crippen LogP contribution in [0.4, 0.5) is 11.6 Å². The SMILES string of the molecule is Cc1nnc(Nc2ccc(CN3CCN(C)CC3)cc2)[nH]c1=O. The molecular formula is C16H22N6O. The van der Waals surface area contributed by atoms with Crippen LogP contribution < -0.4 is 10.9 Å². The van der Waals surface area contributed by atoms with Crippen molar-refractivity contribution in [1.82, 2.24) is 25.0 Å². The largest absolute Gasteiger partial charge is 0.324 e. The summed E-state index contributed by atoms with van der Waals surface area (Å²) < 4.78 is 0. The summed E-state index contributed by atoms with van der Waals surface area (Å²) in [7, 11) is 2.16. The summed E-state index contributed by atoms with van der Waals surface area (Å²) in [6.45, 7) is 7.06. The Morgan fingerprint density at radius 3 is 2.48 bits per heavy atom. The minimum Gasteiger partial charge on any atom is -0.324 e. The van der Waals surface area contributed by atoms with Crippen LogP contribution in [0, 0.1) is 6.92 Å². The normalized spacial score (nSPS) is 16.4. The van der Waals surface area contributed by atoms with Crippen LogP contribution in [0.5, 0.6) is 0 Å². The number of aromatic nitrogens is 3. The van der Waals surface area contributed by atoms with E-state index in [9.17, 15) is 4.79 Å². The van der Waals surface area contributed by atoms with Crippen molar-refractivity contribution in [2.75, 3.05) is 38.5 Å². The lowest BCUT2D eigenvalue weighted by atomic mass is 10.2. The van der Waals surface area contributed by atoms with E-state index in [2.05, 4.69) is 49.5 Å². The van der Waals surface area contributed by atoms with E-state index in [1.807, 2.05) is 12.1 Å². The van der Waals surface area contributed by atoms with Gasteiger partial charge in [-0.2, -0.15) is 0 Å². The van der Waals surface area contributed by atoms with Gasteiger partial charge in [-0.05, 0) is 31.7 Å². The Hall–Kier alpha value is -2.25. The lowest BCUT2D eigenvalue weighted by Gasteiger charge is -2.32. The number of nitrogens with one attached hydrogen (secondary N) is 2. The highest BCUT2D eigenvalue weighted by atomic mass is 16.1. The smallest absolute Gasteiger partial charge is 0.273 e. The number of piperazine rings is 1. The number of hydrogen-bond donors (Lipinski definition) is 2. The molecule has 122 valence electrons. The van der Waals surface area contributed by atoms with Crippen LogP contribution in [0.1, 0.15) is 11.3 Å². The van der Waals surface area contributed by atoms with Gasteiger partial charge in [-0.25, -0.2) is 0 Å². The topological polar surface area (TPSA) is 77.2 Å². The zero-order valence-electron chi connectivity index (χ0n) is 13.5. The monoisotopic (exact) mass is 314 g/mol. The van der Waals surface area contributed by atoms with Crippen LogP contribution >= 0.6 is 0 Å². The van der Waals surface area contributed by atoms with E-state index < -0.39 is 0 Å². The standard InChI is InChI=1S/C16H22N6O/c1-12-15(23)18-16(20-19-12)17-14-5-3-13(4-6-14)11-22-9-7-21(2)8-10-22/h3-6H,7-11H2,1-2H3,(H2,17,18,20,23). The minimum atomic E-state index is -0.228. The van der Waals surface area contributed by atoms with Gasteiger partial charge in [0.1, 0.15) is 5.69 Å². The molecule has 3 rings (SSSR count). The number of hydrogen-bond acceptors (Lipinski definition) is 6. The van der Waals surface area contributed by atoms with Gasteiger partial charge in [-0.15, -0.1) is 10.2 Å². The first-order valence-electron chi connectivity index (χ1n) is 7.80. The van der Waals surface area contributed by atoms with E-state index in [1.54, 1.807) is 6.92 Å². The Morgan fingerprint density at radius 1 is 1.13 bits per heavy atom. The molecule has 0 spiro atoms. The summed E-state index contributed by atoms with van der Waals surface area (Å²) in [6.07, 6.45) is 0. The summed E-state index contributed by atoms with van der Waals surface area (Å²) >= 11 is 0. The molecule has 23 heavy (non-hydrogen) atoms. The van der Waals surface area contributed by atoms with E-state index in [1.165, 1.54) is 5.56 Å². The first kappa shape index (κ1) is 15.6. The van der Waals surface area contributed by atoms with E-state index >= 15 is 0 Å². The Labute approximate surface area is 135 Å². The van der Waals surface area contributed by atoms with Crippen molar-refractivity contribution in [3.63, 3.8) is 0 Å². The highest BCUT2D eigenvalue weighted by Crippen LogP contribution is 2.14. The fourth-order valence-corrected chi connectivity index (χ4v) is 2.54. The Balaban J connectivity index is 1.60. The predicted molar refractivity (Wildman–Crippen MR) is 89.9 cm³/mol. The van der Waals surface area contributed by atoms with Crippen molar-refractivity contribution in [1.29, 1.82) is 0 Å². The van der Waals surface area contributed by atoms with Crippen LogP contribution in [-0.2, 0) is 6.54 Å². The molecule has 0 bridgehead atoms. The minimum absolute atomic E-state index is 0.228. The number of benzene rings is 1. The van der Waals surface area contributed by atoms with Gasteiger partial charge in [0.15, 0.2) is 0 Å². The predicted octanol–water partition coefficient (Wildman–Crippen LogP) is 0.964. The summed E-state index contributed by atoms with van der Waals surface area (Å²) in [5.74, 6) is 0.354. The second-order valence-corrected chi connectivity index (χ2v) is 5.99. The van der Waals surface area contributed by atoms with Gasteiger partial charge in [-0.1, -0.05) is 12.1 Å². The van der Waals surface area contributed by atoms with Gasteiger partial charge >= 0.3 is 0 Å². The van der Waals surface area contributed by atoms with E-state index in [-0.39, 0.29) is 5.56 Å². The molecule has 1 fully saturated rings. The van der Waals surface area contributed by atoms with Crippen LogP contribution in [0.25, 0.3) is 0 Å². The molecule has 1 aliphatic rings. The quantitative estimate of drug-likeness (QED) is 0.875. The third kappa shape index (κ3) is 4.14. The molecule has 2 aromatic rings. The number of H-pyrrole nitrogens is 1. The summed E-state index contributed by atoms with van der Waals surface area (Å²) in [6, 6.07) is 8.18. The number of rotatable bonds is 4. The molecule has 7 heteroatoms.